The van der Waals surface area contributed by atoms with E-state index >= 15 is 0 Å². The molecule has 7 heteroatoms. The maximum absolute atomic E-state index is 4.55. The highest BCUT2D eigenvalue weighted by Gasteiger charge is 2.08. The Kier molecular flexibility index (Phi) is 6.59. The molecule has 0 aliphatic carbocycles. The van der Waals surface area contributed by atoms with Crippen LogP contribution in [-0.2, 0) is 0 Å². The summed E-state index contributed by atoms with van der Waals surface area (Å²) in [5.74, 6) is 2.75. The average Bonchev–Trinajstić information content (AvgIpc) is 2.97. The summed E-state index contributed by atoms with van der Waals surface area (Å²) in [7, 11) is 0. The Balaban J connectivity index is 1.95. The highest BCUT2D eigenvalue weighted by Crippen LogP contribution is 2.20. The van der Waals surface area contributed by atoms with Gasteiger partial charge >= 0.3 is 0 Å². The number of H-pyrrole nitrogens is 1. The van der Waals surface area contributed by atoms with Crippen molar-refractivity contribution in [3.8, 4) is 0 Å². The summed E-state index contributed by atoms with van der Waals surface area (Å²) in [6.07, 6.45) is 8.64. The van der Waals surface area contributed by atoms with Crippen LogP contribution >= 0.6 is 11.8 Å². The Labute approximate surface area is 129 Å². The van der Waals surface area contributed by atoms with E-state index in [0.717, 1.165) is 42.8 Å². The Hall–Kier alpha value is -1.50. The van der Waals surface area contributed by atoms with Gasteiger partial charge < -0.3 is 10.6 Å². The molecular formula is C14H24N6S. The summed E-state index contributed by atoms with van der Waals surface area (Å²) in [4.78, 5) is 8.97. The van der Waals surface area contributed by atoms with E-state index in [9.17, 15) is 0 Å². The van der Waals surface area contributed by atoms with E-state index in [1.54, 1.807) is 6.20 Å². The van der Waals surface area contributed by atoms with Crippen LogP contribution in [-0.4, -0.2) is 45.3 Å². The fraction of sp³-hybridized carbons (Fsp3) is 0.643. The molecule has 2 rings (SSSR count). The summed E-state index contributed by atoms with van der Waals surface area (Å²) < 4.78 is 0. The molecule has 0 unspecified atom stereocenters. The molecule has 2 aromatic rings. The third kappa shape index (κ3) is 4.77. The third-order valence-electron chi connectivity index (χ3n) is 3.16. The van der Waals surface area contributed by atoms with Gasteiger partial charge in [-0.05, 0) is 31.3 Å². The van der Waals surface area contributed by atoms with Crippen LogP contribution in [0, 0.1) is 0 Å². The fourth-order valence-electron chi connectivity index (χ4n) is 2.04. The molecule has 0 aliphatic heterocycles. The van der Waals surface area contributed by atoms with Crippen molar-refractivity contribution in [1.29, 1.82) is 0 Å². The van der Waals surface area contributed by atoms with Crippen molar-refractivity contribution in [2.45, 2.75) is 32.6 Å². The predicted octanol–water partition coefficient (Wildman–Crippen LogP) is 3.12. The molecule has 0 spiro atoms. The van der Waals surface area contributed by atoms with Crippen molar-refractivity contribution >= 4 is 34.6 Å². The number of hydrogen-bond acceptors (Lipinski definition) is 6. The van der Waals surface area contributed by atoms with Crippen molar-refractivity contribution in [2.75, 3.05) is 35.7 Å². The molecule has 2 heterocycles. The van der Waals surface area contributed by atoms with Crippen molar-refractivity contribution in [2.24, 2.45) is 0 Å². The summed E-state index contributed by atoms with van der Waals surface area (Å²) in [6.45, 7) is 3.92. The lowest BCUT2D eigenvalue weighted by molar-refractivity contribution is 0.748. The first-order chi connectivity index (χ1) is 10.3. The minimum atomic E-state index is 0.651. The zero-order chi connectivity index (χ0) is 14.9. The van der Waals surface area contributed by atoms with E-state index in [1.807, 2.05) is 11.8 Å². The van der Waals surface area contributed by atoms with E-state index in [4.69, 9.17) is 0 Å². The molecule has 0 radical (unpaired) electrons. The normalized spacial score (nSPS) is 11.0. The molecule has 0 atom stereocenters. The van der Waals surface area contributed by atoms with Gasteiger partial charge in [-0.1, -0.05) is 13.3 Å². The maximum Gasteiger partial charge on any atom is 0.226 e. The molecule has 0 fully saturated rings. The molecule has 3 N–H and O–H groups in total. The number of unbranched alkanes of at least 4 members (excludes halogenated alkanes) is 2. The number of nitrogens with one attached hydrogen (secondary N) is 3. The van der Waals surface area contributed by atoms with Crippen molar-refractivity contribution in [3.05, 3.63) is 6.20 Å². The van der Waals surface area contributed by atoms with E-state index in [-0.39, 0.29) is 0 Å². The zero-order valence-electron chi connectivity index (χ0n) is 12.8. The van der Waals surface area contributed by atoms with Gasteiger partial charge in [0, 0.05) is 13.1 Å². The van der Waals surface area contributed by atoms with Crippen LogP contribution in [0.25, 0.3) is 11.0 Å². The van der Waals surface area contributed by atoms with Gasteiger partial charge in [-0.2, -0.15) is 26.8 Å². The van der Waals surface area contributed by atoms with Gasteiger partial charge in [-0.3, -0.25) is 5.10 Å². The average molecular weight is 308 g/mol. The molecule has 0 aromatic carbocycles. The standard InChI is InChI=1S/C14H24N6S/c1-3-7-16-14-18-12(11-10-17-20-13(11)19-14)15-8-5-4-6-9-21-2/h10H,3-9H2,1-2H3,(H3,15,16,17,18,19,20). The Morgan fingerprint density at radius 2 is 2.05 bits per heavy atom. The minimum absolute atomic E-state index is 0.651. The highest BCUT2D eigenvalue weighted by atomic mass is 32.2. The van der Waals surface area contributed by atoms with Gasteiger partial charge in [0.2, 0.25) is 5.95 Å². The molecule has 0 aliphatic rings. The first kappa shape index (κ1) is 15.9. The van der Waals surface area contributed by atoms with E-state index in [1.165, 1.54) is 18.6 Å². The van der Waals surface area contributed by atoms with Crippen LogP contribution in [0.3, 0.4) is 0 Å². The van der Waals surface area contributed by atoms with Gasteiger partial charge in [0.15, 0.2) is 5.65 Å². The number of aromatic nitrogens is 4. The van der Waals surface area contributed by atoms with Crippen molar-refractivity contribution in [1.82, 2.24) is 20.2 Å². The first-order valence-electron chi connectivity index (χ1n) is 7.53. The lowest BCUT2D eigenvalue weighted by Crippen LogP contribution is -2.09. The van der Waals surface area contributed by atoms with E-state index in [2.05, 4.69) is 44.0 Å². The summed E-state index contributed by atoms with van der Waals surface area (Å²) >= 11 is 1.91. The number of hydrogen-bond donors (Lipinski definition) is 3. The van der Waals surface area contributed by atoms with E-state index in [0.29, 0.717) is 5.95 Å². The molecular weight excluding hydrogens is 284 g/mol. The second kappa shape index (κ2) is 8.71. The SMILES string of the molecule is CCCNc1nc(NCCCCCSC)c2cn[nH]c2n1. The van der Waals surface area contributed by atoms with Crippen LogP contribution in [0.15, 0.2) is 6.20 Å². The molecule has 2 aromatic heterocycles. The quantitative estimate of drug-likeness (QED) is 0.585. The zero-order valence-corrected chi connectivity index (χ0v) is 13.6. The fourth-order valence-corrected chi connectivity index (χ4v) is 2.53. The second-order valence-corrected chi connectivity index (χ2v) is 5.92. The largest absolute Gasteiger partial charge is 0.369 e. The summed E-state index contributed by atoms with van der Waals surface area (Å²) in [5.41, 5.74) is 0.772. The van der Waals surface area contributed by atoms with Crippen LogP contribution in [0.2, 0.25) is 0 Å². The topological polar surface area (TPSA) is 78.5 Å². The van der Waals surface area contributed by atoms with Gasteiger partial charge in [-0.15, -0.1) is 0 Å². The molecule has 6 nitrogen and oxygen atoms in total. The Morgan fingerprint density at radius 3 is 2.86 bits per heavy atom. The molecule has 0 saturated carbocycles. The monoisotopic (exact) mass is 308 g/mol. The molecule has 116 valence electrons. The van der Waals surface area contributed by atoms with Crippen LogP contribution in [0.1, 0.15) is 32.6 Å². The van der Waals surface area contributed by atoms with Crippen LogP contribution in [0.5, 0.6) is 0 Å². The molecule has 0 saturated heterocycles. The van der Waals surface area contributed by atoms with Crippen molar-refractivity contribution in [3.63, 3.8) is 0 Å². The lowest BCUT2D eigenvalue weighted by atomic mass is 10.2. The summed E-state index contributed by atoms with van der Waals surface area (Å²) in [6, 6.07) is 0. The van der Waals surface area contributed by atoms with Gasteiger partial charge in [-0.25, -0.2) is 0 Å². The van der Waals surface area contributed by atoms with Gasteiger partial charge in [0.05, 0.1) is 11.6 Å². The third-order valence-corrected chi connectivity index (χ3v) is 3.86. The number of fused-ring (bicyclic) bond motifs is 1. The number of nitrogens with zero attached hydrogens (tertiary/aromatic N) is 3. The Morgan fingerprint density at radius 1 is 1.14 bits per heavy atom. The second-order valence-electron chi connectivity index (χ2n) is 4.94. The smallest absolute Gasteiger partial charge is 0.226 e. The predicted molar refractivity (Wildman–Crippen MR) is 91.2 cm³/mol. The number of aromatic amines is 1. The number of thioether (sulfide) groups is 1. The molecule has 0 amide bonds. The van der Waals surface area contributed by atoms with Crippen molar-refractivity contribution < 1.29 is 0 Å². The molecule has 21 heavy (non-hydrogen) atoms. The minimum Gasteiger partial charge on any atom is -0.369 e. The van der Waals surface area contributed by atoms with Gasteiger partial charge in [0.1, 0.15) is 5.82 Å². The maximum atomic E-state index is 4.55. The van der Waals surface area contributed by atoms with E-state index < -0.39 is 0 Å². The van der Waals surface area contributed by atoms with Crippen LogP contribution in [0.4, 0.5) is 11.8 Å². The number of rotatable bonds is 10. The first-order valence-corrected chi connectivity index (χ1v) is 8.92. The van der Waals surface area contributed by atoms with Gasteiger partial charge in [0.25, 0.3) is 0 Å². The Bertz CT molecular complexity index is 541. The number of anilines is 2. The highest BCUT2D eigenvalue weighted by molar-refractivity contribution is 7.98. The molecule has 0 bridgehead atoms. The van der Waals surface area contributed by atoms with Crippen LogP contribution < -0.4 is 10.6 Å². The lowest BCUT2D eigenvalue weighted by Gasteiger charge is -2.09. The summed E-state index contributed by atoms with van der Waals surface area (Å²) in [5, 5.41) is 14.5.